The molecule has 1 N–H and O–H groups in total. The Balaban J connectivity index is 1.75. The summed E-state index contributed by atoms with van der Waals surface area (Å²) in [5, 5.41) is 6.89. The van der Waals surface area contributed by atoms with Crippen LogP contribution >= 0.6 is 11.6 Å². The van der Waals surface area contributed by atoms with Crippen molar-refractivity contribution >= 4 is 23.3 Å². The largest absolute Gasteiger partial charge is 0.467 e. The van der Waals surface area contributed by atoms with Gasteiger partial charge in [0, 0.05) is 27.9 Å². The molecule has 0 spiro atoms. The number of ether oxygens (including phenoxy) is 1. The zero-order valence-electron chi connectivity index (χ0n) is 14.5. The Morgan fingerprint density at radius 3 is 2.73 bits per heavy atom. The SMILES string of the molecule is Cc1cc(NC(=O)COc2nc(-c3cccc(Cl)c3)nc(C)c2C)no1. The van der Waals surface area contributed by atoms with E-state index >= 15 is 0 Å². The molecule has 0 aliphatic carbocycles. The Kier molecular flexibility index (Phi) is 5.18. The predicted octanol–water partition coefficient (Wildman–Crippen LogP) is 3.73. The number of aromatic nitrogens is 3. The predicted molar refractivity (Wildman–Crippen MR) is 97.3 cm³/mol. The average molecular weight is 373 g/mol. The number of benzene rings is 1. The highest BCUT2D eigenvalue weighted by Gasteiger charge is 2.13. The number of nitrogens with one attached hydrogen (secondary N) is 1. The second kappa shape index (κ2) is 7.53. The summed E-state index contributed by atoms with van der Waals surface area (Å²) in [7, 11) is 0. The first-order valence-electron chi connectivity index (χ1n) is 7.89. The first kappa shape index (κ1) is 17.9. The molecule has 0 aliphatic rings. The molecule has 0 saturated carbocycles. The Morgan fingerprint density at radius 2 is 2.04 bits per heavy atom. The lowest BCUT2D eigenvalue weighted by molar-refractivity contribution is -0.118. The fraction of sp³-hybridized carbons (Fsp3) is 0.222. The van der Waals surface area contributed by atoms with Crippen molar-refractivity contribution in [1.82, 2.24) is 15.1 Å². The number of hydrogen-bond donors (Lipinski definition) is 1. The van der Waals surface area contributed by atoms with Crippen molar-refractivity contribution in [3.05, 3.63) is 52.4 Å². The molecule has 0 atom stereocenters. The lowest BCUT2D eigenvalue weighted by Crippen LogP contribution is -2.21. The molecule has 0 aliphatic heterocycles. The van der Waals surface area contributed by atoms with Crippen LogP contribution in [0.1, 0.15) is 17.0 Å². The standard InChI is InChI=1S/C18H17ClN4O3/c1-10-7-15(23-26-10)21-16(24)9-25-18-11(2)12(3)20-17(22-18)13-5-4-6-14(19)8-13/h4-8H,9H2,1-3H3,(H,21,23,24). The molecule has 1 aromatic carbocycles. The molecule has 0 radical (unpaired) electrons. The van der Waals surface area contributed by atoms with E-state index in [9.17, 15) is 4.79 Å². The van der Waals surface area contributed by atoms with Gasteiger partial charge >= 0.3 is 0 Å². The van der Waals surface area contributed by atoms with Crippen LogP contribution in [0, 0.1) is 20.8 Å². The van der Waals surface area contributed by atoms with E-state index in [0.29, 0.717) is 28.3 Å². The summed E-state index contributed by atoms with van der Waals surface area (Å²) in [4.78, 5) is 20.9. The van der Waals surface area contributed by atoms with Crippen molar-refractivity contribution in [2.45, 2.75) is 20.8 Å². The number of nitrogens with zero attached hydrogens (tertiary/aromatic N) is 3. The van der Waals surface area contributed by atoms with E-state index in [-0.39, 0.29) is 12.5 Å². The molecule has 0 unspecified atom stereocenters. The Bertz CT molecular complexity index is 955. The maximum absolute atomic E-state index is 12.0. The van der Waals surface area contributed by atoms with Crippen molar-refractivity contribution in [3.63, 3.8) is 0 Å². The molecular weight excluding hydrogens is 356 g/mol. The van der Waals surface area contributed by atoms with E-state index in [1.807, 2.05) is 26.0 Å². The van der Waals surface area contributed by atoms with Gasteiger partial charge in [0.05, 0.1) is 0 Å². The van der Waals surface area contributed by atoms with Gasteiger partial charge < -0.3 is 14.6 Å². The van der Waals surface area contributed by atoms with Gasteiger partial charge in [0.15, 0.2) is 18.2 Å². The fourth-order valence-corrected chi connectivity index (χ4v) is 2.43. The first-order chi connectivity index (χ1) is 12.4. The summed E-state index contributed by atoms with van der Waals surface area (Å²) < 4.78 is 10.5. The van der Waals surface area contributed by atoms with Gasteiger partial charge in [-0.3, -0.25) is 4.79 Å². The van der Waals surface area contributed by atoms with E-state index in [0.717, 1.165) is 16.8 Å². The quantitative estimate of drug-likeness (QED) is 0.733. The van der Waals surface area contributed by atoms with E-state index in [1.165, 1.54) is 0 Å². The van der Waals surface area contributed by atoms with E-state index < -0.39 is 0 Å². The molecule has 1 amide bonds. The van der Waals surface area contributed by atoms with Crippen molar-refractivity contribution < 1.29 is 14.1 Å². The number of carbonyl (C=O) groups excluding carboxylic acids is 1. The molecule has 7 nitrogen and oxygen atoms in total. The van der Waals surface area contributed by atoms with Gasteiger partial charge in [-0.25, -0.2) is 4.98 Å². The molecule has 134 valence electrons. The maximum Gasteiger partial charge on any atom is 0.263 e. The number of carbonyl (C=O) groups is 1. The minimum absolute atomic E-state index is 0.210. The second-order valence-electron chi connectivity index (χ2n) is 5.73. The number of anilines is 1. The van der Waals surface area contributed by atoms with Gasteiger partial charge in [-0.1, -0.05) is 28.9 Å². The third kappa shape index (κ3) is 4.18. The molecule has 2 aromatic heterocycles. The van der Waals surface area contributed by atoms with E-state index in [2.05, 4.69) is 20.4 Å². The van der Waals surface area contributed by atoms with Crippen molar-refractivity contribution in [1.29, 1.82) is 0 Å². The summed E-state index contributed by atoms with van der Waals surface area (Å²) in [6.07, 6.45) is 0. The van der Waals surface area contributed by atoms with Crippen LogP contribution in [0.15, 0.2) is 34.9 Å². The third-order valence-corrected chi connectivity index (χ3v) is 3.90. The number of amides is 1. The van der Waals surface area contributed by atoms with Crippen LogP contribution in [-0.2, 0) is 4.79 Å². The van der Waals surface area contributed by atoms with Gasteiger partial charge in [-0.15, -0.1) is 0 Å². The van der Waals surface area contributed by atoms with E-state index in [4.69, 9.17) is 20.9 Å². The molecular formula is C18H17ClN4O3. The van der Waals surface area contributed by atoms with Gasteiger partial charge in [0.2, 0.25) is 5.88 Å². The van der Waals surface area contributed by atoms with Crippen LogP contribution in [-0.4, -0.2) is 27.6 Å². The highest BCUT2D eigenvalue weighted by atomic mass is 35.5. The monoisotopic (exact) mass is 372 g/mol. The highest BCUT2D eigenvalue weighted by molar-refractivity contribution is 6.30. The molecule has 0 fully saturated rings. The van der Waals surface area contributed by atoms with Crippen molar-refractivity contribution in [2.24, 2.45) is 0 Å². The zero-order chi connectivity index (χ0) is 18.7. The van der Waals surface area contributed by atoms with Gasteiger partial charge in [0.25, 0.3) is 5.91 Å². The minimum atomic E-state index is -0.363. The maximum atomic E-state index is 12.0. The summed E-state index contributed by atoms with van der Waals surface area (Å²) in [5.74, 6) is 1.41. The molecule has 26 heavy (non-hydrogen) atoms. The number of halogens is 1. The van der Waals surface area contributed by atoms with Gasteiger partial charge in [-0.2, -0.15) is 4.98 Å². The van der Waals surface area contributed by atoms with Crippen molar-refractivity contribution in [3.8, 4) is 17.3 Å². The first-order valence-corrected chi connectivity index (χ1v) is 8.27. The van der Waals surface area contributed by atoms with Crippen molar-refractivity contribution in [2.75, 3.05) is 11.9 Å². The van der Waals surface area contributed by atoms with Crippen LogP contribution in [0.25, 0.3) is 11.4 Å². The molecule has 2 heterocycles. The van der Waals surface area contributed by atoms with Crippen LogP contribution in [0.2, 0.25) is 5.02 Å². The third-order valence-electron chi connectivity index (χ3n) is 3.66. The topological polar surface area (TPSA) is 90.1 Å². The zero-order valence-corrected chi connectivity index (χ0v) is 15.3. The van der Waals surface area contributed by atoms with Crippen LogP contribution in [0.5, 0.6) is 5.88 Å². The highest BCUT2D eigenvalue weighted by Crippen LogP contribution is 2.25. The number of aryl methyl sites for hydroxylation is 2. The minimum Gasteiger partial charge on any atom is -0.467 e. The Labute approximate surface area is 155 Å². The molecule has 0 bridgehead atoms. The molecule has 8 heteroatoms. The normalized spacial score (nSPS) is 10.6. The van der Waals surface area contributed by atoms with Gasteiger partial charge in [0.1, 0.15) is 5.76 Å². The van der Waals surface area contributed by atoms with Crippen LogP contribution in [0.4, 0.5) is 5.82 Å². The summed E-state index contributed by atoms with van der Waals surface area (Å²) in [6.45, 7) is 5.23. The molecule has 0 saturated heterocycles. The van der Waals surface area contributed by atoms with Gasteiger partial charge in [-0.05, 0) is 32.9 Å². The molecule has 3 aromatic rings. The molecule has 3 rings (SSSR count). The smallest absolute Gasteiger partial charge is 0.263 e. The number of hydrogen-bond acceptors (Lipinski definition) is 6. The second-order valence-corrected chi connectivity index (χ2v) is 6.17. The van der Waals surface area contributed by atoms with Crippen LogP contribution < -0.4 is 10.1 Å². The van der Waals surface area contributed by atoms with Crippen LogP contribution in [0.3, 0.4) is 0 Å². The van der Waals surface area contributed by atoms with E-state index in [1.54, 1.807) is 25.1 Å². The Hall–Kier alpha value is -2.93. The summed E-state index contributed by atoms with van der Waals surface area (Å²) in [6, 6.07) is 8.85. The fourth-order valence-electron chi connectivity index (χ4n) is 2.24. The Morgan fingerprint density at radius 1 is 1.23 bits per heavy atom. The summed E-state index contributed by atoms with van der Waals surface area (Å²) >= 11 is 6.03. The number of rotatable bonds is 5. The average Bonchev–Trinajstić information content (AvgIpc) is 3.00. The lowest BCUT2D eigenvalue weighted by Gasteiger charge is -2.11. The summed E-state index contributed by atoms with van der Waals surface area (Å²) in [5.41, 5.74) is 2.30. The lowest BCUT2D eigenvalue weighted by atomic mass is 10.2.